The number of ether oxygens (including phenoxy) is 1. The highest BCUT2D eigenvalue weighted by molar-refractivity contribution is 7.89. The molecule has 0 saturated heterocycles. The summed E-state index contributed by atoms with van der Waals surface area (Å²) in [6, 6.07) is 9.37. The maximum atomic E-state index is 12.4. The number of nitrogens with one attached hydrogen (secondary N) is 2. The van der Waals surface area contributed by atoms with Gasteiger partial charge in [-0.05, 0) is 37.1 Å². The fraction of sp³-hybridized carbons (Fsp3) is 0.316. The summed E-state index contributed by atoms with van der Waals surface area (Å²) in [5.74, 6) is -1.92. The van der Waals surface area contributed by atoms with Crippen LogP contribution in [0.2, 0.25) is 0 Å². The van der Waals surface area contributed by atoms with E-state index in [0.29, 0.717) is 18.9 Å². The van der Waals surface area contributed by atoms with Crippen LogP contribution in [-0.2, 0) is 19.6 Å². The quantitative estimate of drug-likeness (QED) is 0.342. The number of aromatic nitrogens is 1. The van der Waals surface area contributed by atoms with Gasteiger partial charge < -0.3 is 20.3 Å². The maximum absolute atomic E-state index is 12.4. The van der Waals surface area contributed by atoms with Crippen molar-refractivity contribution in [3.8, 4) is 5.75 Å². The minimum atomic E-state index is -4.23. The molecule has 10 nitrogen and oxygen atoms in total. The highest BCUT2D eigenvalue weighted by Crippen LogP contribution is 2.18. The van der Waals surface area contributed by atoms with Crippen LogP contribution >= 0.6 is 0 Å². The third-order valence-corrected chi connectivity index (χ3v) is 5.37. The number of nitrogens with zero attached hydrogens (tertiary/aromatic N) is 1. The smallest absolute Gasteiger partial charge is 0.322 e. The fourth-order valence-electron chi connectivity index (χ4n) is 2.44. The predicted octanol–water partition coefficient (Wildman–Crippen LogP) is 1.56. The van der Waals surface area contributed by atoms with Crippen LogP contribution in [0.4, 0.5) is 5.82 Å². The Morgan fingerprint density at radius 1 is 1.10 bits per heavy atom. The molecule has 1 aromatic carbocycles. The molecule has 11 heteroatoms. The number of carboxylic acid groups (broad SMARTS) is 2. The van der Waals surface area contributed by atoms with Crippen molar-refractivity contribution in [3.63, 3.8) is 0 Å². The van der Waals surface area contributed by atoms with Gasteiger partial charge in [0.05, 0.1) is 17.9 Å². The van der Waals surface area contributed by atoms with E-state index in [1.165, 1.54) is 18.2 Å². The van der Waals surface area contributed by atoms with E-state index < -0.39 is 34.4 Å². The third-order valence-electron chi connectivity index (χ3n) is 3.90. The van der Waals surface area contributed by atoms with Gasteiger partial charge in [-0.3, -0.25) is 9.59 Å². The summed E-state index contributed by atoms with van der Waals surface area (Å²) >= 11 is 0. The molecular formula is C19H23N3O7S. The Bertz CT molecular complexity index is 952. The normalized spacial score (nSPS) is 12.1. The summed E-state index contributed by atoms with van der Waals surface area (Å²) in [6.07, 6.45) is 2.35. The molecule has 30 heavy (non-hydrogen) atoms. The van der Waals surface area contributed by atoms with Gasteiger partial charge in [0.2, 0.25) is 10.0 Å². The second-order valence-corrected chi connectivity index (χ2v) is 8.00. The van der Waals surface area contributed by atoms with E-state index in [1.54, 1.807) is 12.3 Å². The number of sulfonamides is 1. The summed E-state index contributed by atoms with van der Waals surface area (Å²) in [7, 11) is -4.23. The standard InChI is InChI=1S/C19H23N3O7S/c23-18(24)13-16(19(25)26)22-30(27,28)15-7-5-6-14(12-15)29-11-4-3-10-21-17-8-1-2-9-20-17/h1-2,5-9,12,16,22H,3-4,10-11,13H2,(H,20,21)(H,23,24)(H,25,26)/t16-/m0/s1. The molecule has 0 saturated carbocycles. The Kier molecular flexibility index (Phi) is 8.56. The van der Waals surface area contributed by atoms with Crippen LogP contribution in [0.25, 0.3) is 0 Å². The van der Waals surface area contributed by atoms with Crippen molar-refractivity contribution in [2.24, 2.45) is 0 Å². The predicted molar refractivity (Wildman–Crippen MR) is 108 cm³/mol. The average Bonchev–Trinajstić information content (AvgIpc) is 2.70. The first-order valence-electron chi connectivity index (χ1n) is 9.12. The number of hydrogen-bond acceptors (Lipinski definition) is 7. The second-order valence-electron chi connectivity index (χ2n) is 6.28. The number of benzene rings is 1. The highest BCUT2D eigenvalue weighted by atomic mass is 32.2. The van der Waals surface area contributed by atoms with E-state index in [0.717, 1.165) is 18.7 Å². The van der Waals surface area contributed by atoms with Gasteiger partial charge in [-0.15, -0.1) is 0 Å². The number of rotatable bonds is 13. The maximum Gasteiger partial charge on any atom is 0.322 e. The van der Waals surface area contributed by atoms with Crippen molar-refractivity contribution in [2.45, 2.75) is 30.2 Å². The van der Waals surface area contributed by atoms with Crippen LogP contribution < -0.4 is 14.8 Å². The van der Waals surface area contributed by atoms with E-state index in [2.05, 4.69) is 10.3 Å². The van der Waals surface area contributed by atoms with Crippen LogP contribution in [-0.4, -0.2) is 54.7 Å². The fourth-order valence-corrected chi connectivity index (χ4v) is 3.67. The first kappa shape index (κ1) is 23.1. The number of unbranched alkanes of at least 4 members (excludes halogenated alkanes) is 1. The van der Waals surface area contributed by atoms with E-state index >= 15 is 0 Å². The van der Waals surface area contributed by atoms with E-state index in [9.17, 15) is 18.0 Å². The lowest BCUT2D eigenvalue weighted by Crippen LogP contribution is -2.42. The molecule has 0 bridgehead atoms. The van der Waals surface area contributed by atoms with Crippen molar-refractivity contribution in [2.75, 3.05) is 18.5 Å². The number of carboxylic acids is 2. The summed E-state index contributed by atoms with van der Waals surface area (Å²) in [6.45, 7) is 1.07. The Morgan fingerprint density at radius 3 is 2.57 bits per heavy atom. The second kappa shape index (κ2) is 11.1. The minimum Gasteiger partial charge on any atom is -0.494 e. The molecule has 0 aliphatic carbocycles. The Morgan fingerprint density at radius 2 is 1.90 bits per heavy atom. The van der Waals surface area contributed by atoms with Crippen LogP contribution in [0, 0.1) is 0 Å². The molecule has 4 N–H and O–H groups in total. The summed E-state index contributed by atoms with van der Waals surface area (Å²) in [4.78, 5) is 25.8. The molecule has 1 aromatic heterocycles. The Labute approximate surface area is 174 Å². The zero-order chi connectivity index (χ0) is 22.0. The molecule has 1 heterocycles. The highest BCUT2D eigenvalue weighted by Gasteiger charge is 2.27. The van der Waals surface area contributed by atoms with Gasteiger partial charge in [0.25, 0.3) is 0 Å². The van der Waals surface area contributed by atoms with Gasteiger partial charge in [0.1, 0.15) is 17.6 Å². The third kappa shape index (κ3) is 7.68. The molecule has 0 spiro atoms. The molecule has 0 amide bonds. The minimum absolute atomic E-state index is 0.214. The van der Waals surface area contributed by atoms with E-state index in [4.69, 9.17) is 14.9 Å². The van der Waals surface area contributed by atoms with Gasteiger partial charge in [-0.25, -0.2) is 13.4 Å². The number of carbonyl (C=O) groups is 2. The SMILES string of the molecule is O=C(O)C[C@H](NS(=O)(=O)c1cccc(OCCCCNc2ccccn2)c1)C(=O)O. The van der Waals surface area contributed by atoms with Gasteiger partial charge in [-0.2, -0.15) is 4.72 Å². The first-order valence-corrected chi connectivity index (χ1v) is 10.6. The molecule has 2 aromatic rings. The van der Waals surface area contributed by atoms with Gasteiger partial charge in [0, 0.05) is 18.8 Å². The van der Waals surface area contributed by atoms with Crippen molar-refractivity contribution in [1.29, 1.82) is 0 Å². The number of pyridine rings is 1. The number of anilines is 1. The average molecular weight is 437 g/mol. The van der Waals surface area contributed by atoms with Crippen LogP contribution in [0.5, 0.6) is 5.75 Å². The van der Waals surface area contributed by atoms with Crippen molar-refractivity contribution < 1.29 is 33.0 Å². The van der Waals surface area contributed by atoms with Crippen molar-refractivity contribution >= 4 is 27.8 Å². The van der Waals surface area contributed by atoms with Crippen molar-refractivity contribution in [3.05, 3.63) is 48.7 Å². The largest absolute Gasteiger partial charge is 0.494 e. The molecular weight excluding hydrogens is 414 g/mol. The Balaban J connectivity index is 1.85. The van der Waals surface area contributed by atoms with Gasteiger partial charge in [0.15, 0.2) is 0 Å². The molecule has 0 radical (unpaired) electrons. The molecule has 0 aliphatic rings. The van der Waals surface area contributed by atoms with Crippen LogP contribution in [0.15, 0.2) is 53.6 Å². The molecule has 0 aliphatic heterocycles. The molecule has 1 atom stereocenters. The molecule has 162 valence electrons. The summed E-state index contributed by atoms with van der Waals surface area (Å²) in [5, 5.41) is 20.9. The Hall–Kier alpha value is -3.18. The lowest BCUT2D eigenvalue weighted by molar-refractivity contribution is -0.145. The van der Waals surface area contributed by atoms with Crippen molar-refractivity contribution in [1.82, 2.24) is 9.71 Å². The van der Waals surface area contributed by atoms with E-state index in [1.807, 2.05) is 22.9 Å². The van der Waals surface area contributed by atoms with Crippen LogP contribution in [0.3, 0.4) is 0 Å². The summed E-state index contributed by atoms with van der Waals surface area (Å²) in [5.41, 5.74) is 0. The monoisotopic (exact) mass is 437 g/mol. The van der Waals surface area contributed by atoms with Crippen LogP contribution in [0.1, 0.15) is 19.3 Å². The first-order chi connectivity index (χ1) is 14.3. The van der Waals surface area contributed by atoms with E-state index in [-0.39, 0.29) is 4.90 Å². The zero-order valence-corrected chi connectivity index (χ0v) is 16.8. The lowest BCUT2D eigenvalue weighted by atomic mass is 10.2. The molecule has 0 unspecified atom stereocenters. The number of aliphatic carboxylic acids is 2. The lowest BCUT2D eigenvalue weighted by Gasteiger charge is -2.14. The topological polar surface area (TPSA) is 155 Å². The number of hydrogen-bond donors (Lipinski definition) is 4. The van der Waals surface area contributed by atoms with Gasteiger partial charge >= 0.3 is 11.9 Å². The molecule has 2 rings (SSSR count). The van der Waals surface area contributed by atoms with Gasteiger partial charge in [-0.1, -0.05) is 12.1 Å². The molecule has 0 fully saturated rings. The summed E-state index contributed by atoms with van der Waals surface area (Å²) < 4.78 is 32.2. The zero-order valence-electron chi connectivity index (χ0n) is 16.0.